The minimum atomic E-state index is -0.237. The third kappa shape index (κ3) is 14.3. The van der Waals surface area contributed by atoms with Gasteiger partial charge in [0.1, 0.15) is 12.2 Å². The molecule has 1 saturated carbocycles. The number of carbonyl (C=O) groups excluding carboxylic acids is 2. The predicted molar refractivity (Wildman–Crippen MR) is 134 cm³/mol. The van der Waals surface area contributed by atoms with Crippen molar-refractivity contribution in [3.8, 4) is 0 Å². The van der Waals surface area contributed by atoms with E-state index in [9.17, 15) is 9.59 Å². The number of esters is 2. The summed E-state index contributed by atoms with van der Waals surface area (Å²) in [5, 5.41) is 9.11. The van der Waals surface area contributed by atoms with Crippen molar-refractivity contribution in [2.75, 3.05) is 6.61 Å². The molecule has 1 N–H and O–H groups in total. The normalized spacial score (nSPS) is 20.7. The van der Waals surface area contributed by atoms with Crippen LogP contribution in [0.5, 0.6) is 0 Å². The Morgan fingerprint density at radius 1 is 0.879 bits per heavy atom. The molecule has 1 fully saturated rings. The maximum Gasteiger partial charge on any atom is 0.303 e. The van der Waals surface area contributed by atoms with Crippen LogP contribution in [0.2, 0.25) is 0 Å². The van der Waals surface area contributed by atoms with Gasteiger partial charge in [0.2, 0.25) is 0 Å². The lowest BCUT2D eigenvalue weighted by Crippen LogP contribution is -2.33. The van der Waals surface area contributed by atoms with Crippen molar-refractivity contribution in [1.82, 2.24) is 0 Å². The molecule has 190 valence electrons. The summed E-state index contributed by atoms with van der Waals surface area (Å²) in [7, 11) is 0. The molecule has 33 heavy (non-hydrogen) atoms. The van der Waals surface area contributed by atoms with Crippen molar-refractivity contribution in [2.45, 2.75) is 123 Å². The van der Waals surface area contributed by atoms with Gasteiger partial charge in [-0.25, -0.2) is 0 Å². The molecule has 1 aliphatic rings. The van der Waals surface area contributed by atoms with Gasteiger partial charge in [-0.05, 0) is 56.9 Å². The van der Waals surface area contributed by atoms with Gasteiger partial charge in [-0.2, -0.15) is 0 Å². The molecule has 0 aliphatic heterocycles. The van der Waals surface area contributed by atoms with E-state index in [1.165, 1.54) is 52.4 Å². The first-order chi connectivity index (χ1) is 16.0. The van der Waals surface area contributed by atoms with Gasteiger partial charge in [0.15, 0.2) is 0 Å². The van der Waals surface area contributed by atoms with Crippen molar-refractivity contribution in [3.63, 3.8) is 0 Å². The smallest absolute Gasteiger partial charge is 0.303 e. The lowest BCUT2D eigenvalue weighted by Gasteiger charge is -2.35. The van der Waals surface area contributed by atoms with E-state index in [1.54, 1.807) is 0 Å². The zero-order valence-electron chi connectivity index (χ0n) is 21.3. The van der Waals surface area contributed by atoms with Crippen LogP contribution in [0, 0.1) is 11.8 Å². The molecule has 0 radical (unpaired) electrons. The number of rotatable bonds is 17. The molecule has 0 spiro atoms. The minimum Gasteiger partial charge on any atom is -0.462 e. The van der Waals surface area contributed by atoms with Gasteiger partial charge >= 0.3 is 11.9 Å². The second-order valence-corrected chi connectivity index (χ2v) is 9.45. The van der Waals surface area contributed by atoms with Gasteiger partial charge in [-0.3, -0.25) is 9.59 Å². The molecule has 0 aromatic carbocycles. The summed E-state index contributed by atoms with van der Waals surface area (Å²) >= 11 is 0. The van der Waals surface area contributed by atoms with Crippen LogP contribution < -0.4 is 0 Å². The average molecular weight is 465 g/mol. The summed E-state index contributed by atoms with van der Waals surface area (Å²) in [6.45, 7) is 5.34. The first-order valence-corrected chi connectivity index (χ1v) is 13.3. The van der Waals surface area contributed by atoms with E-state index in [1.807, 2.05) is 12.2 Å². The van der Waals surface area contributed by atoms with Gasteiger partial charge in [-0.1, -0.05) is 70.1 Å². The van der Waals surface area contributed by atoms with Crippen molar-refractivity contribution >= 4 is 11.9 Å². The molecule has 1 rings (SSSR count). The highest BCUT2D eigenvalue weighted by molar-refractivity contribution is 5.66. The molecular formula is C28H48O5. The van der Waals surface area contributed by atoms with Crippen LogP contribution in [0.4, 0.5) is 0 Å². The number of aliphatic hydroxyl groups excluding tert-OH is 1. The Bertz CT molecular complexity index is 583. The van der Waals surface area contributed by atoms with Crippen LogP contribution in [-0.4, -0.2) is 35.9 Å². The Hall–Kier alpha value is -1.62. The van der Waals surface area contributed by atoms with Crippen LogP contribution >= 0.6 is 0 Å². The van der Waals surface area contributed by atoms with Gasteiger partial charge in [-0.15, -0.1) is 0 Å². The number of hydrogen-bond donors (Lipinski definition) is 1. The fourth-order valence-electron chi connectivity index (χ4n) is 4.85. The summed E-state index contributed by atoms with van der Waals surface area (Å²) < 4.78 is 11.2. The molecule has 1 aliphatic carbocycles. The van der Waals surface area contributed by atoms with E-state index < -0.39 is 0 Å². The minimum absolute atomic E-state index is 0.0884. The van der Waals surface area contributed by atoms with E-state index in [2.05, 4.69) is 19.1 Å². The quantitative estimate of drug-likeness (QED) is 0.148. The SMILES string of the molecule is CCCCCCCCC(C=CC=C[C@@H]1CCCC[C@H]1C(CCCCO)OC(C)=O)OC(C)=O. The highest BCUT2D eigenvalue weighted by atomic mass is 16.5. The third-order valence-corrected chi connectivity index (χ3v) is 6.52. The summed E-state index contributed by atoms with van der Waals surface area (Å²) in [5.41, 5.74) is 0. The molecule has 2 unspecified atom stereocenters. The number of ether oxygens (including phenoxy) is 2. The number of unbranched alkanes of at least 4 members (excludes halogenated alkanes) is 6. The van der Waals surface area contributed by atoms with Crippen LogP contribution in [0.3, 0.4) is 0 Å². The highest BCUT2D eigenvalue weighted by Crippen LogP contribution is 2.36. The second kappa shape index (κ2) is 18.8. The Balaban J connectivity index is 2.66. The zero-order valence-corrected chi connectivity index (χ0v) is 21.3. The average Bonchev–Trinajstić information content (AvgIpc) is 2.78. The van der Waals surface area contributed by atoms with Gasteiger partial charge in [0.05, 0.1) is 0 Å². The number of aliphatic hydroxyl groups is 1. The fourth-order valence-corrected chi connectivity index (χ4v) is 4.85. The maximum atomic E-state index is 11.7. The zero-order chi connectivity index (χ0) is 24.3. The molecule has 0 aromatic heterocycles. The number of allylic oxidation sites excluding steroid dienone is 3. The summed E-state index contributed by atoms with van der Waals surface area (Å²) in [4.78, 5) is 23.2. The van der Waals surface area contributed by atoms with Crippen molar-refractivity contribution in [2.24, 2.45) is 11.8 Å². The topological polar surface area (TPSA) is 72.8 Å². The van der Waals surface area contributed by atoms with Gasteiger partial charge < -0.3 is 14.6 Å². The first kappa shape index (κ1) is 29.4. The van der Waals surface area contributed by atoms with Gasteiger partial charge in [0, 0.05) is 26.4 Å². The summed E-state index contributed by atoms with van der Waals surface area (Å²) in [5.74, 6) is 0.223. The largest absolute Gasteiger partial charge is 0.462 e. The van der Waals surface area contributed by atoms with E-state index >= 15 is 0 Å². The molecule has 5 nitrogen and oxygen atoms in total. The van der Waals surface area contributed by atoms with Crippen molar-refractivity contribution in [1.29, 1.82) is 0 Å². The Kier molecular flexibility index (Phi) is 16.7. The molecule has 0 saturated heterocycles. The third-order valence-electron chi connectivity index (χ3n) is 6.52. The summed E-state index contributed by atoms with van der Waals surface area (Å²) in [6, 6.07) is 0. The standard InChI is InChI=1S/C28H48O5/c1-4-5-6-7-8-9-18-26(32-23(2)30)19-12-10-16-25-17-11-13-20-27(25)28(33-24(3)31)21-14-15-22-29/h10,12,16,19,25-29H,4-9,11,13-15,17-18,20-22H2,1-3H3/t25-,26?,27-,28?/m1/s1. The van der Waals surface area contributed by atoms with E-state index in [0.717, 1.165) is 51.4 Å². The monoisotopic (exact) mass is 464 g/mol. The Labute approximate surface area is 202 Å². The van der Waals surface area contributed by atoms with E-state index in [0.29, 0.717) is 11.8 Å². The number of carbonyl (C=O) groups is 2. The predicted octanol–water partition coefficient (Wildman–Crippen LogP) is 6.68. The lowest BCUT2D eigenvalue weighted by molar-refractivity contribution is -0.151. The maximum absolute atomic E-state index is 11.7. The molecular weight excluding hydrogens is 416 g/mol. The highest BCUT2D eigenvalue weighted by Gasteiger charge is 2.32. The van der Waals surface area contributed by atoms with Crippen molar-refractivity contribution in [3.05, 3.63) is 24.3 Å². The van der Waals surface area contributed by atoms with Crippen LogP contribution in [-0.2, 0) is 19.1 Å². The Morgan fingerprint density at radius 2 is 1.55 bits per heavy atom. The van der Waals surface area contributed by atoms with Crippen LogP contribution in [0.25, 0.3) is 0 Å². The van der Waals surface area contributed by atoms with Crippen LogP contribution in [0.15, 0.2) is 24.3 Å². The van der Waals surface area contributed by atoms with E-state index in [-0.39, 0.29) is 30.8 Å². The first-order valence-electron chi connectivity index (χ1n) is 13.3. The Morgan fingerprint density at radius 3 is 2.24 bits per heavy atom. The molecule has 0 aromatic rings. The molecule has 0 bridgehead atoms. The molecule has 0 heterocycles. The van der Waals surface area contributed by atoms with E-state index in [4.69, 9.17) is 14.6 Å². The lowest BCUT2D eigenvalue weighted by atomic mass is 9.75. The molecule has 0 amide bonds. The summed E-state index contributed by atoms with van der Waals surface area (Å²) in [6.07, 6.45) is 23.1. The fraction of sp³-hybridized carbons (Fsp3) is 0.786. The van der Waals surface area contributed by atoms with Gasteiger partial charge in [0.25, 0.3) is 0 Å². The second-order valence-electron chi connectivity index (χ2n) is 9.45. The van der Waals surface area contributed by atoms with Crippen molar-refractivity contribution < 1.29 is 24.2 Å². The number of hydrogen-bond acceptors (Lipinski definition) is 5. The molecule has 4 atom stereocenters. The van der Waals surface area contributed by atoms with Crippen LogP contribution in [0.1, 0.15) is 111 Å². The molecule has 5 heteroatoms.